The molecular weight excluding hydrogens is 406 g/mol. The number of piperidine rings is 1. The van der Waals surface area contributed by atoms with Crippen molar-refractivity contribution in [3.8, 4) is 0 Å². The minimum Gasteiger partial charge on any atom is -0.462 e. The summed E-state index contributed by atoms with van der Waals surface area (Å²) in [6.07, 6.45) is 17.3. The van der Waals surface area contributed by atoms with Crippen molar-refractivity contribution in [1.82, 2.24) is 4.90 Å². The third kappa shape index (κ3) is 3.56. The first-order valence-electron chi connectivity index (χ1n) is 14.7. The Kier molecular flexibility index (Phi) is 5.71. The lowest BCUT2D eigenvalue weighted by Gasteiger charge is -2.62. The topological polar surface area (TPSA) is 29.5 Å². The number of carbonyl (C=O) groups excluding carboxylic acids is 1. The van der Waals surface area contributed by atoms with Gasteiger partial charge >= 0.3 is 5.97 Å². The summed E-state index contributed by atoms with van der Waals surface area (Å²) in [5.41, 5.74) is 0.894. The highest BCUT2D eigenvalue weighted by molar-refractivity contribution is 5.70. The van der Waals surface area contributed by atoms with Crippen LogP contribution in [0.15, 0.2) is 0 Å². The van der Waals surface area contributed by atoms with E-state index < -0.39 is 0 Å². The number of ether oxygens (including phenoxy) is 1. The maximum absolute atomic E-state index is 12.9. The van der Waals surface area contributed by atoms with Gasteiger partial charge in [-0.05, 0) is 137 Å². The highest BCUT2D eigenvalue weighted by Gasteiger charge is 2.61. The molecule has 1 heterocycles. The molecule has 1 saturated heterocycles. The average Bonchev–Trinajstić information content (AvgIpc) is 3.47. The normalized spacial score (nSPS) is 52.1. The van der Waals surface area contributed by atoms with E-state index in [0.29, 0.717) is 29.1 Å². The zero-order valence-electron chi connectivity index (χ0n) is 21.9. The van der Waals surface area contributed by atoms with Gasteiger partial charge < -0.3 is 9.64 Å². The van der Waals surface area contributed by atoms with Gasteiger partial charge in [0.25, 0.3) is 0 Å². The van der Waals surface area contributed by atoms with Crippen molar-refractivity contribution < 1.29 is 9.53 Å². The highest BCUT2D eigenvalue weighted by Crippen LogP contribution is 2.66. The summed E-state index contributed by atoms with van der Waals surface area (Å²) in [6, 6.07) is 0.805. The molecule has 186 valence electrons. The molecule has 2 bridgehead atoms. The van der Waals surface area contributed by atoms with E-state index >= 15 is 0 Å². The molecule has 0 spiro atoms. The third-order valence-corrected chi connectivity index (χ3v) is 12.8. The van der Waals surface area contributed by atoms with E-state index in [9.17, 15) is 4.79 Å². The Morgan fingerprint density at radius 3 is 2.55 bits per heavy atom. The molecule has 5 saturated carbocycles. The molecule has 11 atom stereocenters. The molecule has 6 fully saturated rings. The SMILES string of the molecule is CC(OC(=O)CC1CC2CCC1C2)[C@H]1CC[C@H]2[C@@H]3CC[C@H]4N(C)CCC[C@]4(C)[C@H]3CC[C@]12C. The summed E-state index contributed by atoms with van der Waals surface area (Å²) in [4.78, 5) is 15.6. The van der Waals surface area contributed by atoms with Gasteiger partial charge in [-0.25, -0.2) is 0 Å². The smallest absolute Gasteiger partial charge is 0.306 e. The van der Waals surface area contributed by atoms with Crippen LogP contribution < -0.4 is 0 Å². The molecule has 33 heavy (non-hydrogen) atoms. The van der Waals surface area contributed by atoms with E-state index in [2.05, 4.69) is 32.7 Å². The third-order valence-electron chi connectivity index (χ3n) is 12.8. The fourth-order valence-electron chi connectivity index (χ4n) is 11.4. The zero-order chi connectivity index (χ0) is 23.0. The second-order valence-corrected chi connectivity index (χ2v) is 14.1. The van der Waals surface area contributed by atoms with Crippen molar-refractivity contribution in [2.75, 3.05) is 13.6 Å². The Morgan fingerprint density at radius 1 is 0.970 bits per heavy atom. The maximum atomic E-state index is 12.9. The van der Waals surface area contributed by atoms with E-state index in [1.165, 1.54) is 83.6 Å². The summed E-state index contributed by atoms with van der Waals surface area (Å²) in [6.45, 7) is 8.77. The molecule has 0 amide bonds. The average molecular weight is 456 g/mol. The number of rotatable bonds is 4. The monoisotopic (exact) mass is 455 g/mol. The lowest BCUT2D eigenvalue weighted by atomic mass is 9.46. The van der Waals surface area contributed by atoms with Crippen LogP contribution in [0.3, 0.4) is 0 Å². The standard InChI is InChI=1S/C30H49NO2/c1-19(33-28(32)18-22-17-20-6-7-21(22)16-20)24-9-10-25-23-8-11-27-30(3,13-5-15-31(27)4)26(23)12-14-29(24,25)2/h19-27H,5-18H2,1-4H3/t19?,20?,21?,22?,23-,24+,25-,26-,27+,29+,30+/m0/s1. The number of esters is 1. The molecular formula is C30H49NO2. The molecule has 6 aliphatic rings. The Hall–Kier alpha value is -0.570. The van der Waals surface area contributed by atoms with Crippen LogP contribution in [0.25, 0.3) is 0 Å². The summed E-state index contributed by atoms with van der Waals surface area (Å²) in [7, 11) is 2.38. The number of hydrogen-bond acceptors (Lipinski definition) is 3. The van der Waals surface area contributed by atoms with Crippen LogP contribution in [0.1, 0.15) is 104 Å². The van der Waals surface area contributed by atoms with E-state index in [4.69, 9.17) is 4.74 Å². The molecule has 6 rings (SSSR count). The van der Waals surface area contributed by atoms with Crippen molar-refractivity contribution >= 4 is 5.97 Å². The number of likely N-dealkylation sites (tertiary alicyclic amines) is 1. The number of carbonyl (C=O) groups is 1. The summed E-state index contributed by atoms with van der Waals surface area (Å²) in [5, 5.41) is 0. The van der Waals surface area contributed by atoms with Gasteiger partial charge in [-0.1, -0.05) is 20.3 Å². The maximum Gasteiger partial charge on any atom is 0.306 e. The van der Waals surface area contributed by atoms with Gasteiger partial charge in [-0.2, -0.15) is 0 Å². The van der Waals surface area contributed by atoms with Crippen molar-refractivity contribution in [2.45, 2.75) is 116 Å². The lowest BCUT2D eigenvalue weighted by Crippen LogP contribution is -2.60. The van der Waals surface area contributed by atoms with Gasteiger partial charge in [-0.15, -0.1) is 0 Å². The van der Waals surface area contributed by atoms with Crippen molar-refractivity contribution in [1.29, 1.82) is 0 Å². The first-order chi connectivity index (χ1) is 15.8. The Labute approximate surface area is 202 Å². The predicted molar refractivity (Wildman–Crippen MR) is 133 cm³/mol. The zero-order valence-corrected chi connectivity index (χ0v) is 21.9. The van der Waals surface area contributed by atoms with Crippen molar-refractivity contribution in [3.05, 3.63) is 0 Å². The lowest BCUT2D eigenvalue weighted by molar-refractivity contribution is -0.159. The van der Waals surface area contributed by atoms with Crippen LogP contribution in [0.2, 0.25) is 0 Å². The second-order valence-electron chi connectivity index (χ2n) is 14.1. The number of fused-ring (bicyclic) bond motifs is 7. The number of hydrogen-bond donors (Lipinski definition) is 0. The first kappa shape index (κ1) is 22.9. The summed E-state index contributed by atoms with van der Waals surface area (Å²) < 4.78 is 6.23. The molecule has 3 heteroatoms. The molecule has 3 nitrogen and oxygen atoms in total. The minimum atomic E-state index is 0.0929. The molecule has 4 unspecified atom stereocenters. The van der Waals surface area contributed by atoms with Gasteiger partial charge in [0, 0.05) is 18.4 Å². The van der Waals surface area contributed by atoms with E-state index in [-0.39, 0.29) is 12.1 Å². The molecule has 0 radical (unpaired) electrons. The van der Waals surface area contributed by atoms with Gasteiger partial charge in [0.05, 0.1) is 0 Å². The van der Waals surface area contributed by atoms with E-state index in [0.717, 1.165) is 35.6 Å². The van der Waals surface area contributed by atoms with Gasteiger partial charge in [0.2, 0.25) is 0 Å². The largest absolute Gasteiger partial charge is 0.462 e. The second kappa shape index (κ2) is 8.24. The van der Waals surface area contributed by atoms with Gasteiger partial charge in [0.15, 0.2) is 0 Å². The fourth-order valence-corrected chi connectivity index (χ4v) is 11.4. The fraction of sp³-hybridized carbons (Fsp3) is 0.967. The van der Waals surface area contributed by atoms with E-state index in [1.54, 1.807) is 0 Å². The first-order valence-corrected chi connectivity index (χ1v) is 14.7. The highest BCUT2D eigenvalue weighted by atomic mass is 16.5. The molecule has 0 N–H and O–H groups in total. The van der Waals surface area contributed by atoms with E-state index in [1.807, 2.05) is 0 Å². The van der Waals surface area contributed by atoms with Crippen LogP contribution in [-0.2, 0) is 9.53 Å². The van der Waals surface area contributed by atoms with Crippen molar-refractivity contribution in [3.63, 3.8) is 0 Å². The Balaban J connectivity index is 1.12. The molecule has 0 aromatic rings. The van der Waals surface area contributed by atoms with Gasteiger partial charge in [0.1, 0.15) is 6.10 Å². The van der Waals surface area contributed by atoms with Gasteiger partial charge in [-0.3, -0.25) is 4.79 Å². The molecule has 0 aromatic heterocycles. The van der Waals surface area contributed by atoms with Crippen LogP contribution in [0.5, 0.6) is 0 Å². The Morgan fingerprint density at radius 2 is 1.79 bits per heavy atom. The van der Waals surface area contributed by atoms with Crippen LogP contribution >= 0.6 is 0 Å². The summed E-state index contributed by atoms with van der Waals surface area (Å²) in [5.74, 6) is 5.68. The quantitative estimate of drug-likeness (QED) is 0.442. The van der Waals surface area contributed by atoms with Crippen LogP contribution in [0.4, 0.5) is 0 Å². The summed E-state index contributed by atoms with van der Waals surface area (Å²) >= 11 is 0. The van der Waals surface area contributed by atoms with Crippen molar-refractivity contribution in [2.24, 2.45) is 52.3 Å². The molecule has 0 aromatic carbocycles. The molecule has 1 aliphatic heterocycles. The van der Waals surface area contributed by atoms with Crippen LogP contribution in [-0.4, -0.2) is 36.6 Å². The number of nitrogens with zero attached hydrogens (tertiary/aromatic N) is 1. The Bertz CT molecular complexity index is 766. The predicted octanol–water partition coefficient (Wildman–Crippen LogP) is 6.70. The minimum absolute atomic E-state index is 0.0929. The van der Waals surface area contributed by atoms with Crippen LogP contribution in [0, 0.1) is 52.3 Å². The molecule has 5 aliphatic carbocycles.